The van der Waals surface area contributed by atoms with Crippen molar-refractivity contribution in [3.05, 3.63) is 72.0 Å². The van der Waals surface area contributed by atoms with Crippen LogP contribution in [0.2, 0.25) is 0 Å². The summed E-state index contributed by atoms with van der Waals surface area (Å²) in [7, 11) is 0. The Labute approximate surface area is 181 Å². The van der Waals surface area contributed by atoms with E-state index in [0.29, 0.717) is 5.56 Å². The number of benzene rings is 3. The lowest BCUT2D eigenvalue weighted by Crippen LogP contribution is -2.15. The van der Waals surface area contributed by atoms with Gasteiger partial charge in [-0.15, -0.1) is 0 Å². The summed E-state index contributed by atoms with van der Waals surface area (Å²) in [6, 6.07) is 20.1. The SMILES string of the molecule is CCCCC[C@H]1CC[C@H](CCc2cccc3c(F)c(-c4ccccc4)ccc23)CC1. The molecule has 3 aromatic carbocycles. The summed E-state index contributed by atoms with van der Waals surface area (Å²) in [6.45, 7) is 2.29. The van der Waals surface area contributed by atoms with Crippen molar-refractivity contribution in [1.82, 2.24) is 0 Å². The van der Waals surface area contributed by atoms with E-state index in [-0.39, 0.29) is 5.82 Å². The molecule has 1 aliphatic carbocycles. The summed E-state index contributed by atoms with van der Waals surface area (Å²) < 4.78 is 15.3. The molecule has 4 rings (SSSR count). The predicted molar refractivity (Wildman–Crippen MR) is 127 cm³/mol. The highest BCUT2D eigenvalue weighted by molar-refractivity contribution is 5.90. The van der Waals surface area contributed by atoms with Crippen LogP contribution in [0.4, 0.5) is 4.39 Å². The average molecular weight is 403 g/mol. The Balaban J connectivity index is 1.41. The maximum Gasteiger partial charge on any atom is 0.138 e. The maximum atomic E-state index is 15.3. The minimum absolute atomic E-state index is 0.0897. The van der Waals surface area contributed by atoms with Gasteiger partial charge < -0.3 is 0 Å². The summed E-state index contributed by atoms with van der Waals surface area (Å²) in [5.41, 5.74) is 2.94. The third kappa shape index (κ3) is 4.94. The summed E-state index contributed by atoms with van der Waals surface area (Å²) in [5, 5.41) is 1.84. The van der Waals surface area contributed by atoms with E-state index in [9.17, 15) is 0 Å². The minimum Gasteiger partial charge on any atom is -0.206 e. The number of rotatable bonds is 8. The topological polar surface area (TPSA) is 0 Å². The van der Waals surface area contributed by atoms with Gasteiger partial charge in [0, 0.05) is 10.9 Å². The van der Waals surface area contributed by atoms with Crippen LogP contribution in [0.25, 0.3) is 21.9 Å². The smallest absolute Gasteiger partial charge is 0.138 e. The van der Waals surface area contributed by atoms with Crippen LogP contribution >= 0.6 is 0 Å². The maximum absolute atomic E-state index is 15.3. The van der Waals surface area contributed by atoms with E-state index >= 15 is 4.39 Å². The highest BCUT2D eigenvalue weighted by Crippen LogP contribution is 2.36. The highest BCUT2D eigenvalue weighted by atomic mass is 19.1. The first-order valence-corrected chi connectivity index (χ1v) is 12.0. The van der Waals surface area contributed by atoms with Gasteiger partial charge in [0.05, 0.1) is 0 Å². The molecule has 0 bridgehead atoms. The second-order valence-electron chi connectivity index (χ2n) is 9.23. The Hall–Kier alpha value is -2.15. The molecule has 158 valence electrons. The number of hydrogen-bond donors (Lipinski definition) is 0. The Morgan fingerprint density at radius 2 is 1.47 bits per heavy atom. The molecule has 1 fully saturated rings. The van der Waals surface area contributed by atoms with Crippen LogP contribution in [0.15, 0.2) is 60.7 Å². The first-order chi connectivity index (χ1) is 14.8. The summed E-state index contributed by atoms with van der Waals surface area (Å²) >= 11 is 0. The number of fused-ring (bicyclic) bond motifs is 1. The van der Waals surface area contributed by atoms with Crippen molar-refractivity contribution in [3.63, 3.8) is 0 Å². The van der Waals surface area contributed by atoms with Crippen molar-refractivity contribution in [1.29, 1.82) is 0 Å². The second-order valence-corrected chi connectivity index (χ2v) is 9.23. The molecule has 0 nitrogen and oxygen atoms in total. The van der Waals surface area contributed by atoms with Crippen LogP contribution in [0.5, 0.6) is 0 Å². The van der Waals surface area contributed by atoms with Crippen LogP contribution in [0.3, 0.4) is 0 Å². The monoisotopic (exact) mass is 402 g/mol. The Bertz CT molecular complexity index is 935. The van der Waals surface area contributed by atoms with Crippen LogP contribution in [-0.2, 0) is 6.42 Å². The van der Waals surface area contributed by atoms with E-state index in [0.717, 1.165) is 34.6 Å². The zero-order valence-electron chi connectivity index (χ0n) is 18.4. The molecule has 1 saturated carbocycles. The molecule has 0 aromatic heterocycles. The molecular formula is C29H35F. The van der Waals surface area contributed by atoms with Crippen molar-refractivity contribution in [2.24, 2.45) is 11.8 Å². The summed E-state index contributed by atoms with van der Waals surface area (Å²) in [4.78, 5) is 0. The van der Waals surface area contributed by atoms with Gasteiger partial charge in [-0.25, -0.2) is 4.39 Å². The zero-order valence-corrected chi connectivity index (χ0v) is 18.4. The van der Waals surface area contributed by atoms with E-state index in [2.05, 4.69) is 19.1 Å². The van der Waals surface area contributed by atoms with E-state index in [1.54, 1.807) is 0 Å². The van der Waals surface area contributed by atoms with E-state index in [1.165, 1.54) is 63.4 Å². The molecule has 3 aromatic rings. The van der Waals surface area contributed by atoms with Crippen LogP contribution in [0.1, 0.15) is 70.3 Å². The first kappa shape index (κ1) is 21.1. The van der Waals surface area contributed by atoms with Gasteiger partial charge in [-0.3, -0.25) is 0 Å². The fourth-order valence-electron chi connectivity index (χ4n) is 5.30. The number of halogens is 1. The molecule has 0 spiro atoms. The molecule has 0 atom stereocenters. The Kier molecular flexibility index (Phi) is 7.20. The molecule has 0 radical (unpaired) electrons. The van der Waals surface area contributed by atoms with Gasteiger partial charge in [0.2, 0.25) is 0 Å². The molecule has 1 heteroatoms. The van der Waals surface area contributed by atoms with Crippen molar-refractivity contribution < 1.29 is 4.39 Å². The lowest BCUT2D eigenvalue weighted by Gasteiger charge is -2.28. The number of aryl methyl sites for hydroxylation is 1. The van der Waals surface area contributed by atoms with Crippen molar-refractivity contribution in [2.75, 3.05) is 0 Å². The fraction of sp³-hybridized carbons (Fsp3) is 0.448. The molecule has 0 saturated heterocycles. The van der Waals surface area contributed by atoms with Crippen molar-refractivity contribution >= 4 is 10.8 Å². The van der Waals surface area contributed by atoms with Gasteiger partial charge in [0.25, 0.3) is 0 Å². The second kappa shape index (κ2) is 10.2. The van der Waals surface area contributed by atoms with Gasteiger partial charge >= 0.3 is 0 Å². The molecular weight excluding hydrogens is 367 g/mol. The van der Waals surface area contributed by atoms with Crippen LogP contribution in [0, 0.1) is 17.7 Å². The van der Waals surface area contributed by atoms with Gasteiger partial charge in [-0.1, -0.05) is 119 Å². The normalized spacial score (nSPS) is 19.3. The van der Waals surface area contributed by atoms with Gasteiger partial charge in [0.15, 0.2) is 0 Å². The number of unbranched alkanes of at least 4 members (excludes halogenated alkanes) is 2. The third-order valence-corrected chi connectivity index (χ3v) is 7.17. The van der Waals surface area contributed by atoms with Gasteiger partial charge in [-0.05, 0) is 41.2 Å². The summed E-state index contributed by atoms with van der Waals surface area (Å²) in [6.07, 6.45) is 13.5. The molecule has 0 heterocycles. The molecule has 0 amide bonds. The van der Waals surface area contributed by atoms with Crippen molar-refractivity contribution in [2.45, 2.75) is 71.1 Å². The van der Waals surface area contributed by atoms with Gasteiger partial charge in [0.1, 0.15) is 5.82 Å². The zero-order chi connectivity index (χ0) is 20.8. The van der Waals surface area contributed by atoms with E-state index in [1.807, 2.05) is 48.5 Å². The quantitative estimate of drug-likeness (QED) is 0.330. The standard InChI is InChI=1S/C29H35F/c1-2-3-5-9-22-14-16-23(17-15-22)18-19-25-12-8-13-28-26(25)20-21-27(29(28)30)24-10-6-4-7-11-24/h4,6-8,10-13,20-23H,2-3,5,9,14-19H2,1H3/t22-,23-. The number of hydrogen-bond acceptors (Lipinski definition) is 0. The fourth-order valence-corrected chi connectivity index (χ4v) is 5.30. The molecule has 1 aliphatic rings. The summed E-state index contributed by atoms with van der Waals surface area (Å²) in [5.74, 6) is 1.72. The average Bonchev–Trinajstić information content (AvgIpc) is 2.80. The van der Waals surface area contributed by atoms with Crippen molar-refractivity contribution in [3.8, 4) is 11.1 Å². The van der Waals surface area contributed by atoms with E-state index < -0.39 is 0 Å². The lowest BCUT2D eigenvalue weighted by atomic mass is 9.77. The molecule has 30 heavy (non-hydrogen) atoms. The predicted octanol–water partition coefficient (Wildman–Crippen LogP) is 8.97. The van der Waals surface area contributed by atoms with Gasteiger partial charge in [-0.2, -0.15) is 0 Å². The first-order valence-electron chi connectivity index (χ1n) is 12.0. The largest absolute Gasteiger partial charge is 0.206 e. The lowest BCUT2D eigenvalue weighted by molar-refractivity contribution is 0.249. The molecule has 0 unspecified atom stereocenters. The Morgan fingerprint density at radius 1 is 0.733 bits per heavy atom. The van der Waals surface area contributed by atoms with Crippen LogP contribution < -0.4 is 0 Å². The molecule has 0 N–H and O–H groups in total. The van der Waals surface area contributed by atoms with Crippen LogP contribution in [-0.4, -0.2) is 0 Å². The molecule has 0 aliphatic heterocycles. The third-order valence-electron chi connectivity index (χ3n) is 7.17. The van der Waals surface area contributed by atoms with E-state index in [4.69, 9.17) is 0 Å². The minimum atomic E-state index is -0.0897. The Morgan fingerprint density at radius 3 is 2.20 bits per heavy atom. The highest BCUT2D eigenvalue weighted by Gasteiger charge is 2.21.